The van der Waals surface area contributed by atoms with Crippen LogP contribution in [0.25, 0.3) is 5.52 Å². The summed E-state index contributed by atoms with van der Waals surface area (Å²) in [6.07, 6.45) is 2.90. The largest absolute Gasteiger partial charge is 0.459 e. The molecule has 0 spiro atoms. The third kappa shape index (κ3) is 5.23. The minimum Gasteiger partial charge on any atom is -0.459 e. The SMILES string of the molecule is CC(C)[C@@H](NC(=O)OC(C)(C)C)C(=O)OCc1cn2ccccc2c1C#N. The number of hydrogen-bond acceptors (Lipinski definition) is 5. The standard InChI is InChI=1S/C20H25N3O4/c1-13(2)17(22-19(25)27-20(3,4)5)18(24)26-12-14-11-23-9-7-6-8-16(23)15(14)10-21/h6-9,11,13,17H,12H2,1-5H3,(H,22,25)/t17-/m1/s1. The van der Waals surface area contributed by atoms with Gasteiger partial charge in [-0.05, 0) is 38.8 Å². The summed E-state index contributed by atoms with van der Waals surface area (Å²) in [5, 5.41) is 12.0. The number of carbonyl (C=O) groups is 2. The van der Waals surface area contributed by atoms with Gasteiger partial charge in [-0.2, -0.15) is 5.26 Å². The molecule has 0 fully saturated rings. The second kappa shape index (κ2) is 8.12. The summed E-state index contributed by atoms with van der Waals surface area (Å²) in [5.41, 5.74) is 1.16. The first-order valence-corrected chi connectivity index (χ1v) is 8.77. The molecule has 144 valence electrons. The van der Waals surface area contributed by atoms with Gasteiger partial charge in [0, 0.05) is 18.0 Å². The molecular weight excluding hydrogens is 346 g/mol. The van der Waals surface area contributed by atoms with Crippen LogP contribution in [0.3, 0.4) is 0 Å². The van der Waals surface area contributed by atoms with Crippen molar-refractivity contribution in [3.8, 4) is 6.07 Å². The number of esters is 1. The van der Waals surface area contributed by atoms with Gasteiger partial charge in [0.15, 0.2) is 0 Å². The quantitative estimate of drug-likeness (QED) is 0.813. The van der Waals surface area contributed by atoms with Crippen LogP contribution in [-0.2, 0) is 20.9 Å². The van der Waals surface area contributed by atoms with E-state index in [4.69, 9.17) is 9.47 Å². The van der Waals surface area contributed by atoms with E-state index in [0.29, 0.717) is 11.1 Å². The lowest BCUT2D eigenvalue weighted by molar-refractivity contribution is -0.148. The molecule has 0 aromatic carbocycles. The number of nitrogens with one attached hydrogen (secondary N) is 1. The minimum atomic E-state index is -0.845. The topological polar surface area (TPSA) is 92.8 Å². The number of ether oxygens (including phenoxy) is 2. The summed E-state index contributed by atoms with van der Waals surface area (Å²) in [7, 11) is 0. The molecule has 7 heteroatoms. The zero-order chi connectivity index (χ0) is 20.2. The maximum absolute atomic E-state index is 12.5. The van der Waals surface area contributed by atoms with Crippen molar-refractivity contribution in [3.05, 3.63) is 41.7 Å². The molecule has 27 heavy (non-hydrogen) atoms. The maximum atomic E-state index is 12.5. The van der Waals surface area contributed by atoms with Crippen molar-refractivity contribution in [1.82, 2.24) is 9.72 Å². The molecule has 0 bridgehead atoms. The molecule has 0 saturated carbocycles. The van der Waals surface area contributed by atoms with Crippen LogP contribution in [0.5, 0.6) is 0 Å². The van der Waals surface area contributed by atoms with E-state index in [2.05, 4.69) is 11.4 Å². The maximum Gasteiger partial charge on any atom is 0.408 e. The third-order valence-electron chi connectivity index (χ3n) is 3.84. The zero-order valence-electron chi connectivity index (χ0n) is 16.3. The Bertz CT molecular complexity index is 871. The Labute approximate surface area is 158 Å². The molecule has 1 atom stereocenters. The molecule has 0 saturated heterocycles. The molecule has 0 aliphatic heterocycles. The van der Waals surface area contributed by atoms with Crippen molar-refractivity contribution in [2.45, 2.75) is 52.9 Å². The van der Waals surface area contributed by atoms with Crippen molar-refractivity contribution < 1.29 is 19.1 Å². The van der Waals surface area contributed by atoms with E-state index in [1.165, 1.54) is 0 Å². The lowest BCUT2D eigenvalue weighted by atomic mass is 10.1. The molecule has 0 radical (unpaired) electrons. The molecular formula is C20H25N3O4. The van der Waals surface area contributed by atoms with Gasteiger partial charge in [-0.15, -0.1) is 0 Å². The Hall–Kier alpha value is -3.01. The predicted molar refractivity (Wildman–Crippen MR) is 99.9 cm³/mol. The van der Waals surface area contributed by atoms with Gasteiger partial charge < -0.3 is 19.2 Å². The second-order valence-corrected chi connectivity index (χ2v) is 7.61. The molecule has 2 aromatic heterocycles. The number of nitriles is 1. The fourth-order valence-electron chi connectivity index (χ4n) is 2.59. The van der Waals surface area contributed by atoms with Gasteiger partial charge in [0.1, 0.15) is 24.3 Å². The summed E-state index contributed by atoms with van der Waals surface area (Å²) >= 11 is 0. The molecule has 0 aliphatic rings. The van der Waals surface area contributed by atoms with Crippen LogP contribution in [-0.4, -0.2) is 28.1 Å². The van der Waals surface area contributed by atoms with Crippen molar-refractivity contribution in [3.63, 3.8) is 0 Å². The van der Waals surface area contributed by atoms with Crippen LogP contribution in [0, 0.1) is 17.2 Å². The molecule has 0 unspecified atom stereocenters. The molecule has 0 aliphatic carbocycles. The number of hydrogen-bond donors (Lipinski definition) is 1. The van der Waals surface area contributed by atoms with Gasteiger partial charge in [-0.1, -0.05) is 19.9 Å². The normalized spacial score (nSPS) is 12.5. The number of rotatable bonds is 5. The van der Waals surface area contributed by atoms with Crippen molar-refractivity contribution in [2.24, 2.45) is 5.92 Å². The van der Waals surface area contributed by atoms with Gasteiger partial charge in [-0.25, -0.2) is 9.59 Å². The fraction of sp³-hybridized carbons (Fsp3) is 0.450. The first-order chi connectivity index (χ1) is 12.6. The molecule has 2 heterocycles. The highest BCUT2D eigenvalue weighted by Crippen LogP contribution is 2.19. The van der Waals surface area contributed by atoms with Crippen LogP contribution < -0.4 is 5.32 Å². The Kier molecular flexibility index (Phi) is 6.11. The van der Waals surface area contributed by atoms with Crippen LogP contribution in [0.1, 0.15) is 45.7 Å². The summed E-state index contributed by atoms with van der Waals surface area (Å²) in [6.45, 7) is 8.79. The Balaban J connectivity index is 2.08. The van der Waals surface area contributed by atoms with Gasteiger partial charge in [0.25, 0.3) is 0 Å². The Morgan fingerprint density at radius 2 is 2.00 bits per heavy atom. The minimum absolute atomic E-state index is 0.0530. The van der Waals surface area contributed by atoms with E-state index in [1.54, 1.807) is 45.2 Å². The third-order valence-corrected chi connectivity index (χ3v) is 3.84. The monoisotopic (exact) mass is 371 g/mol. The lowest BCUT2D eigenvalue weighted by Gasteiger charge is -2.24. The van der Waals surface area contributed by atoms with Crippen LogP contribution >= 0.6 is 0 Å². The highest BCUT2D eigenvalue weighted by atomic mass is 16.6. The molecule has 7 nitrogen and oxygen atoms in total. The Morgan fingerprint density at radius 3 is 2.59 bits per heavy atom. The van der Waals surface area contributed by atoms with E-state index in [9.17, 15) is 14.9 Å². The van der Waals surface area contributed by atoms with E-state index in [-0.39, 0.29) is 12.5 Å². The number of alkyl carbamates (subject to hydrolysis) is 1. The number of amides is 1. The zero-order valence-corrected chi connectivity index (χ0v) is 16.3. The molecule has 2 aromatic rings. The molecule has 1 amide bonds. The van der Waals surface area contributed by atoms with Gasteiger partial charge in [0.05, 0.1) is 11.1 Å². The smallest absolute Gasteiger partial charge is 0.408 e. The van der Waals surface area contributed by atoms with Crippen molar-refractivity contribution >= 4 is 17.6 Å². The highest BCUT2D eigenvalue weighted by molar-refractivity contribution is 5.81. The van der Waals surface area contributed by atoms with Crippen molar-refractivity contribution in [2.75, 3.05) is 0 Å². The Morgan fingerprint density at radius 1 is 1.30 bits per heavy atom. The summed E-state index contributed by atoms with van der Waals surface area (Å²) in [6, 6.07) is 6.82. The molecule has 2 rings (SSSR count). The summed E-state index contributed by atoms with van der Waals surface area (Å²) in [5.74, 6) is -0.761. The first kappa shape index (κ1) is 20.3. The lowest BCUT2D eigenvalue weighted by Crippen LogP contribution is -2.47. The van der Waals surface area contributed by atoms with E-state index >= 15 is 0 Å². The second-order valence-electron chi connectivity index (χ2n) is 7.61. The number of fused-ring (bicyclic) bond motifs is 1. The number of pyridine rings is 1. The van der Waals surface area contributed by atoms with Crippen molar-refractivity contribution in [1.29, 1.82) is 5.26 Å². The van der Waals surface area contributed by atoms with Crippen LogP contribution in [0.4, 0.5) is 4.79 Å². The van der Waals surface area contributed by atoms with Gasteiger partial charge in [-0.3, -0.25) is 0 Å². The first-order valence-electron chi connectivity index (χ1n) is 8.77. The number of nitrogens with zero attached hydrogens (tertiary/aromatic N) is 2. The van der Waals surface area contributed by atoms with Gasteiger partial charge in [0.2, 0.25) is 0 Å². The predicted octanol–water partition coefficient (Wildman–Crippen LogP) is 3.40. The average Bonchev–Trinajstić information content (AvgIpc) is 2.93. The van der Waals surface area contributed by atoms with Crippen LogP contribution in [0.15, 0.2) is 30.6 Å². The average molecular weight is 371 g/mol. The number of carbonyl (C=O) groups excluding carboxylic acids is 2. The van der Waals surface area contributed by atoms with E-state index in [0.717, 1.165) is 5.52 Å². The van der Waals surface area contributed by atoms with Gasteiger partial charge >= 0.3 is 12.1 Å². The number of aromatic nitrogens is 1. The summed E-state index contributed by atoms with van der Waals surface area (Å²) < 4.78 is 12.4. The van der Waals surface area contributed by atoms with Crippen LogP contribution in [0.2, 0.25) is 0 Å². The van der Waals surface area contributed by atoms with E-state index < -0.39 is 23.7 Å². The fourth-order valence-corrected chi connectivity index (χ4v) is 2.59. The summed E-state index contributed by atoms with van der Waals surface area (Å²) in [4.78, 5) is 24.5. The highest BCUT2D eigenvalue weighted by Gasteiger charge is 2.28. The molecule has 1 N–H and O–H groups in total. The van der Waals surface area contributed by atoms with E-state index in [1.807, 2.05) is 24.4 Å².